The van der Waals surface area contributed by atoms with Gasteiger partial charge in [-0.05, 0) is 17.7 Å². The molecule has 0 aliphatic carbocycles. The Balaban J connectivity index is 1.86. The smallest absolute Gasteiger partial charge is 0.256 e. The number of rotatable bonds is 2. The molecule has 0 bridgehead atoms. The topological polar surface area (TPSA) is 33.2 Å². The van der Waals surface area contributed by atoms with Gasteiger partial charge in [0.2, 0.25) is 0 Å². The van der Waals surface area contributed by atoms with Crippen LogP contribution in [0, 0.1) is 0 Å². The van der Waals surface area contributed by atoms with E-state index in [-0.39, 0.29) is 11.3 Å². The van der Waals surface area contributed by atoms with Crippen LogP contribution in [-0.2, 0) is 0 Å². The fourth-order valence-electron chi connectivity index (χ4n) is 2.23. The first kappa shape index (κ1) is 12.2. The Morgan fingerprint density at radius 3 is 2.79 bits per heavy atom. The van der Waals surface area contributed by atoms with Crippen molar-refractivity contribution >= 4 is 17.7 Å². The highest BCUT2D eigenvalue weighted by atomic mass is 32.2. The number of aromatic nitrogens is 1. The van der Waals surface area contributed by atoms with Gasteiger partial charge in [0, 0.05) is 24.7 Å². The van der Waals surface area contributed by atoms with Crippen LogP contribution >= 0.6 is 11.8 Å². The summed E-state index contributed by atoms with van der Waals surface area (Å²) in [7, 11) is 0. The summed E-state index contributed by atoms with van der Waals surface area (Å²) in [6.07, 6.45) is 3.32. The molecule has 2 aromatic rings. The Bertz CT molecular complexity index is 559. The summed E-state index contributed by atoms with van der Waals surface area (Å²) < 4.78 is 0. The number of hydrogen-bond donors (Lipinski definition) is 0. The second-order valence-corrected chi connectivity index (χ2v) is 5.56. The second kappa shape index (κ2) is 5.45. The SMILES string of the molecule is O=C(c1cccnc1)N1CCS[C@@H]1c1ccccc1. The minimum Gasteiger partial charge on any atom is -0.322 e. The number of pyridine rings is 1. The lowest BCUT2D eigenvalue weighted by Crippen LogP contribution is -2.30. The van der Waals surface area contributed by atoms with Crippen molar-refractivity contribution in [3.8, 4) is 0 Å². The van der Waals surface area contributed by atoms with Crippen LogP contribution in [0.25, 0.3) is 0 Å². The molecular weight excluding hydrogens is 256 g/mol. The van der Waals surface area contributed by atoms with Crippen LogP contribution in [-0.4, -0.2) is 28.1 Å². The molecule has 1 aromatic carbocycles. The molecule has 1 aromatic heterocycles. The first-order valence-corrected chi connectivity index (χ1v) is 7.29. The highest BCUT2D eigenvalue weighted by Crippen LogP contribution is 2.38. The molecule has 1 saturated heterocycles. The molecule has 3 nitrogen and oxygen atoms in total. The van der Waals surface area contributed by atoms with Crippen LogP contribution in [0.4, 0.5) is 0 Å². The van der Waals surface area contributed by atoms with E-state index in [1.807, 2.05) is 40.9 Å². The van der Waals surface area contributed by atoms with E-state index in [4.69, 9.17) is 0 Å². The molecule has 0 spiro atoms. The van der Waals surface area contributed by atoms with Crippen molar-refractivity contribution in [1.29, 1.82) is 0 Å². The highest BCUT2D eigenvalue weighted by molar-refractivity contribution is 7.99. The largest absolute Gasteiger partial charge is 0.322 e. The lowest BCUT2D eigenvalue weighted by Gasteiger charge is -2.24. The molecular formula is C15H14N2OS. The van der Waals surface area contributed by atoms with Gasteiger partial charge in [-0.3, -0.25) is 9.78 Å². The zero-order valence-corrected chi connectivity index (χ0v) is 11.2. The summed E-state index contributed by atoms with van der Waals surface area (Å²) in [5.41, 5.74) is 1.84. The normalized spacial score (nSPS) is 18.5. The number of carbonyl (C=O) groups excluding carboxylic acids is 1. The Morgan fingerprint density at radius 2 is 2.05 bits per heavy atom. The average Bonchev–Trinajstić information content (AvgIpc) is 2.98. The molecule has 0 radical (unpaired) electrons. The molecule has 1 atom stereocenters. The Morgan fingerprint density at radius 1 is 1.21 bits per heavy atom. The molecule has 1 aliphatic rings. The highest BCUT2D eigenvalue weighted by Gasteiger charge is 2.31. The summed E-state index contributed by atoms with van der Waals surface area (Å²) in [4.78, 5) is 18.5. The zero-order valence-electron chi connectivity index (χ0n) is 10.4. The summed E-state index contributed by atoms with van der Waals surface area (Å²) >= 11 is 1.81. The fourth-order valence-corrected chi connectivity index (χ4v) is 3.48. The summed E-state index contributed by atoms with van der Waals surface area (Å²) in [5, 5.41) is 0.119. The molecule has 0 saturated carbocycles. The lowest BCUT2D eigenvalue weighted by atomic mass is 10.2. The van der Waals surface area contributed by atoms with E-state index in [1.165, 1.54) is 5.56 Å². The van der Waals surface area contributed by atoms with Gasteiger partial charge in [0.25, 0.3) is 5.91 Å². The van der Waals surface area contributed by atoms with Gasteiger partial charge in [0.15, 0.2) is 0 Å². The molecule has 3 rings (SSSR count). The molecule has 0 N–H and O–H groups in total. The van der Waals surface area contributed by atoms with Crippen molar-refractivity contribution in [2.45, 2.75) is 5.37 Å². The first-order valence-electron chi connectivity index (χ1n) is 6.24. The quantitative estimate of drug-likeness (QED) is 0.841. The third kappa shape index (κ3) is 2.49. The first-order chi connectivity index (χ1) is 9.36. The number of nitrogens with zero attached hydrogens (tertiary/aromatic N) is 2. The van der Waals surface area contributed by atoms with Crippen molar-refractivity contribution in [1.82, 2.24) is 9.88 Å². The molecule has 1 amide bonds. The maximum Gasteiger partial charge on any atom is 0.256 e. The average molecular weight is 270 g/mol. The second-order valence-electron chi connectivity index (χ2n) is 4.37. The van der Waals surface area contributed by atoms with E-state index in [1.54, 1.807) is 18.5 Å². The van der Waals surface area contributed by atoms with Gasteiger partial charge in [-0.2, -0.15) is 0 Å². The van der Waals surface area contributed by atoms with E-state index in [2.05, 4.69) is 17.1 Å². The molecule has 96 valence electrons. The number of carbonyl (C=O) groups is 1. The Hall–Kier alpha value is -1.81. The number of benzene rings is 1. The van der Waals surface area contributed by atoms with Crippen molar-refractivity contribution in [3.05, 3.63) is 66.0 Å². The minimum absolute atomic E-state index is 0.0620. The maximum absolute atomic E-state index is 12.5. The van der Waals surface area contributed by atoms with Gasteiger partial charge >= 0.3 is 0 Å². The Labute approximate surface area is 116 Å². The van der Waals surface area contributed by atoms with Gasteiger partial charge in [0.1, 0.15) is 5.37 Å². The van der Waals surface area contributed by atoms with Crippen LogP contribution in [0.3, 0.4) is 0 Å². The molecule has 0 unspecified atom stereocenters. The maximum atomic E-state index is 12.5. The van der Waals surface area contributed by atoms with Gasteiger partial charge in [-0.1, -0.05) is 30.3 Å². The monoisotopic (exact) mass is 270 g/mol. The number of amides is 1. The molecule has 1 fully saturated rings. The van der Waals surface area contributed by atoms with E-state index >= 15 is 0 Å². The predicted octanol–water partition coefficient (Wildman–Crippen LogP) is 2.97. The Kier molecular flexibility index (Phi) is 3.51. The number of hydrogen-bond acceptors (Lipinski definition) is 3. The van der Waals surface area contributed by atoms with Crippen molar-refractivity contribution < 1.29 is 4.79 Å². The van der Waals surface area contributed by atoms with Gasteiger partial charge in [0.05, 0.1) is 5.56 Å². The zero-order chi connectivity index (χ0) is 13.1. The van der Waals surface area contributed by atoms with E-state index in [0.29, 0.717) is 5.56 Å². The minimum atomic E-state index is 0.0620. The van der Waals surface area contributed by atoms with Crippen LogP contribution in [0.2, 0.25) is 0 Å². The summed E-state index contributed by atoms with van der Waals surface area (Å²) in [6, 6.07) is 13.8. The fraction of sp³-hybridized carbons (Fsp3) is 0.200. The summed E-state index contributed by atoms with van der Waals surface area (Å²) in [6.45, 7) is 0.790. The van der Waals surface area contributed by atoms with Crippen LogP contribution < -0.4 is 0 Å². The third-order valence-electron chi connectivity index (χ3n) is 3.15. The van der Waals surface area contributed by atoms with Crippen LogP contribution in [0.5, 0.6) is 0 Å². The van der Waals surface area contributed by atoms with Crippen molar-refractivity contribution in [2.24, 2.45) is 0 Å². The van der Waals surface area contributed by atoms with Gasteiger partial charge < -0.3 is 4.90 Å². The molecule has 2 heterocycles. The predicted molar refractivity (Wildman–Crippen MR) is 76.9 cm³/mol. The van der Waals surface area contributed by atoms with Crippen LogP contribution in [0.1, 0.15) is 21.3 Å². The number of thioether (sulfide) groups is 1. The van der Waals surface area contributed by atoms with Gasteiger partial charge in [-0.25, -0.2) is 0 Å². The van der Waals surface area contributed by atoms with Crippen molar-refractivity contribution in [3.63, 3.8) is 0 Å². The molecule has 4 heteroatoms. The van der Waals surface area contributed by atoms with Crippen molar-refractivity contribution in [2.75, 3.05) is 12.3 Å². The summed E-state index contributed by atoms with van der Waals surface area (Å²) in [5.74, 6) is 1.04. The van der Waals surface area contributed by atoms with Gasteiger partial charge in [-0.15, -0.1) is 11.8 Å². The van der Waals surface area contributed by atoms with E-state index in [9.17, 15) is 4.79 Å². The molecule has 19 heavy (non-hydrogen) atoms. The van der Waals surface area contributed by atoms with E-state index in [0.717, 1.165) is 12.3 Å². The molecule has 1 aliphatic heterocycles. The standard InChI is InChI=1S/C15H14N2OS/c18-14(13-7-4-8-16-11-13)17-9-10-19-15(17)12-5-2-1-3-6-12/h1-8,11,15H,9-10H2/t15-/m1/s1. The third-order valence-corrected chi connectivity index (χ3v) is 4.41. The van der Waals surface area contributed by atoms with E-state index < -0.39 is 0 Å². The van der Waals surface area contributed by atoms with Crippen LogP contribution in [0.15, 0.2) is 54.9 Å². The lowest BCUT2D eigenvalue weighted by molar-refractivity contribution is 0.0760.